The Balaban J connectivity index is 0.917. The van der Waals surface area contributed by atoms with Gasteiger partial charge in [-0.3, -0.25) is 23.8 Å². The van der Waals surface area contributed by atoms with Gasteiger partial charge >= 0.3 is 6.72 Å². The van der Waals surface area contributed by atoms with Crippen molar-refractivity contribution >= 4 is 85.8 Å². The molecule has 0 saturated carbocycles. The van der Waals surface area contributed by atoms with Gasteiger partial charge in [0.05, 0.1) is 115 Å². The number of hydrogen-bond acceptors (Lipinski definition) is 20. The molecule has 2 amide bonds. The van der Waals surface area contributed by atoms with Gasteiger partial charge in [-0.15, -0.1) is 16.9 Å². The van der Waals surface area contributed by atoms with Gasteiger partial charge in [-0.05, 0) is 108 Å². The number of benzene rings is 4. The number of anilines is 1. The van der Waals surface area contributed by atoms with Crippen LogP contribution in [0.2, 0.25) is 0 Å². The first-order chi connectivity index (χ1) is 36.4. The summed E-state index contributed by atoms with van der Waals surface area (Å²) in [6.07, 6.45) is 0.863. The first-order valence-electron chi connectivity index (χ1n) is 24.6. The molecule has 0 radical (unpaired) electrons. The first kappa shape index (κ1) is 62.5. The summed E-state index contributed by atoms with van der Waals surface area (Å²) in [5.74, 6) is -0.503. The van der Waals surface area contributed by atoms with Crippen LogP contribution in [0.25, 0.3) is 21.9 Å². The summed E-state index contributed by atoms with van der Waals surface area (Å²) >= 11 is 6.42. The van der Waals surface area contributed by atoms with E-state index in [9.17, 15) is 37.4 Å². The van der Waals surface area contributed by atoms with Gasteiger partial charge in [-0.25, -0.2) is 0 Å². The van der Waals surface area contributed by atoms with E-state index in [0.717, 1.165) is 27.8 Å². The highest BCUT2D eigenvalue weighted by molar-refractivity contribution is 8.07. The normalized spacial score (nSPS) is 14.9. The van der Waals surface area contributed by atoms with Crippen LogP contribution in [0.5, 0.6) is 5.75 Å². The lowest BCUT2D eigenvalue weighted by Crippen LogP contribution is -2.33. The number of carbonyl (C=O) groups is 3. The number of nitrogens with two attached hydrogens (primary N) is 1. The molecule has 1 saturated heterocycles. The molecule has 0 aliphatic carbocycles. The molecule has 76 heavy (non-hydrogen) atoms. The Morgan fingerprint density at radius 3 is 1.84 bits per heavy atom. The van der Waals surface area contributed by atoms with Gasteiger partial charge in [0.25, 0.3) is 10.1 Å². The minimum absolute atomic E-state index is 0.0197. The molecule has 5 N–H and O–H groups in total. The van der Waals surface area contributed by atoms with Crippen molar-refractivity contribution in [2.45, 2.75) is 56.6 Å². The second-order valence-electron chi connectivity index (χ2n) is 17.3. The maximum atomic E-state index is 13.1. The number of nitrogens with zero attached hydrogens (tertiary/aromatic N) is 3. The van der Waals surface area contributed by atoms with Crippen molar-refractivity contribution in [2.24, 2.45) is 10.2 Å². The molecule has 25 heteroatoms. The molecule has 4 aromatic carbocycles. The molecule has 1 aliphatic heterocycles. The number of phenolic OH excluding ortho intramolecular Hbond substituents is 1. The van der Waals surface area contributed by atoms with E-state index in [2.05, 4.69) is 10.2 Å². The number of thioether (sulfide) groups is 1. The van der Waals surface area contributed by atoms with Gasteiger partial charge in [0.15, 0.2) is 5.75 Å². The minimum atomic E-state index is -4.65. The Morgan fingerprint density at radius 2 is 1.28 bits per heavy atom. The van der Waals surface area contributed by atoms with E-state index in [0.29, 0.717) is 101 Å². The third-order valence-electron chi connectivity index (χ3n) is 11.7. The second kappa shape index (κ2) is 31.9. The van der Waals surface area contributed by atoms with Crippen molar-refractivity contribution in [1.82, 2.24) is 4.90 Å². The van der Waals surface area contributed by atoms with Crippen molar-refractivity contribution in [1.29, 1.82) is 0 Å². The van der Waals surface area contributed by atoms with E-state index < -0.39 is 27.0 Å². The number of azo groups is 1. The number of likely N-dealkylation sites (tertiary alicyclic amines) is 1. The fraction of sp³-hybridized carbons (Fsp3) is 0.510. The number of amides is 2. The lowest BCUT2D eigenvalue weighted by atomic mass is 9.95. The molecule has 1 aliphatic rings. The highest BCUT2D eigenvalue weighted by atomic mass is 32.5. The number of methoxy groups -OCH3 is 1. The molecule has 0 spiro atoms. The summed E-state index contributed by atoms with van der Waals surface area (Å²) in [7, 11) is -3.02. The number of hydrogen-bond donors (Lipinski definition) is 4. The van der Waals surface area contributed by atoms with Crippen molar-refractivity contribution in [3.63, 3.8) is 0 Å². The predicted molar refractivity (Wildman–Crippen MR) is 291 cm³/mol. The predicted octanol–water partition coefficient (Wildman–Crippen LogP) is 7.13. The van der Waals surface area contributed by atoms with E-state index in [1.54, 1.807) is 26.2 Å². The number of carbonyl (C=O) groups excluding carboxylic acids is 3. The number of aromatic hydroxyl groups is 1. The summed E-state index contributed by atoms with van der Waals surface area (Å²) < 4.78 is 81.6. The van der Waals surface area contributed by atoms with Crippen LogP contribution in [-0.4, -0.2) is 169 Å². The number of phenols is 1. The maximum absolute atomic E-state index is 13.1. The molecule has 0 aromatic heterocycles. The number of ether oxygens (including phenoxy) is 7. The summed E-state index contributed by atoms with van der Waals surface area (Å²) in [6.45, 7) is 7.36. The van der Waals surface area contributed by atoms with Crippen LogP contribution in [-0.2, 0) is 84.9 Å². The van der Waals surface area contributed by atoms with Gasteiger partial charge in [0.1, 0.15) is 16.4 Å². The standard InChI is InChI=1S/C51H69N4O17PS3/c1-35-30-39(40-8-10-43(37(3)31-40)53-54-44-11-9-42-36(2)32-46(76(61,62)63)49(52)48(42)50(44)58)7-6-38(35)33-41(56)12-13-55-47(57)34-45(51(55)59)75-29-5-14-65-25-27-71-73(60,74)72-28-26-70-24-23-69-22-21-68-20-19-67-18-17-66-16-15-64-4/h6-11,30-32,45,58H,5,12-29,33-34,52H2,1-4H3,(H,60,74)(H,61,62,63). The summed E-state index contributed by atoms with van der Waals surface area (Å²) in [5.41, 5.74) is 11.1. The maximum Gasteiger partial charge on any atom is 0.324 e. The van der Waals surface area contributed by atoms with Crippen molar-refractivity contribution in [3.05, 3.63) is 76.9 Å². The lowest BCUT2D eigenvalue weighted by Gasteiger charge is -2.16. The van der Waals surface area contributed by atoms with Crippen LogP contribution in [0, 0.1) is 20.8 Å². The Morgan fingerprint density at radius 1 is 0.750 bits per heavy atom. The van der Waals surface area contributed by atoms with Crippen LogP contribution in [0.4, 0.5) is 17.1 Å². The van der Waals surface area contributed by atoms with Gasteiger partial charge in [0.2, 0.25) is 11.8 Å². The summed E-state index contributed by atoms with van der Waals surface area (Å²) in [4.78, 5) is 50.0. The number of nitrogen functional groups attached to an aromatic ring is 1. The lowest BCUT2D eigenvalue weighted by molar-refractivity contribution is -0.138. The quantitative estimate of drug-likeness (QED) is 0.00872. The van der Waals surface area contributed by atoms with Crippen LogP contribution in [0.15, 0.2) is 69.7 Å². The zero-order valence-electron chi connectivity index (χ0n) is 43.3. The van der Waals surface area contributed by atoms with E-state index >= 15 is 0 Å². The van der Waals surface area contributed by atoms with Crippen LogP contribution >= 0.6 is 18.5 Å². The average molecular weight is 1140 g/mol. The molecule has 21 nitrogen and oxygen atoms in total. The number of Topliss-reactive ketones (excluding diaryl/α,β-unsaturated/α-hetero) is 1. The molecule has 418 valence electrons. The smallest absolute Gasteiger partial charge is 0.324 e. The van der Waals surface area contributed by atoms with Crippen LogP contribution in [0.1, 0.15) is 41.5 Å². The zero-order valence-corrected chi connectivity index (χ0v) is 46.6. The molecule has 2 unspecified atom stereocenters. The number of aryl methyl sites for hydroxylation is 3. The number of fused-ring (bicyclic) bond motifs is 1. The van der Waals surface area contributed by atoms with E-state index in [4.69, 9.17) is 59.7 Å². The topological polar surface area (TPSA) is 283 Å². The fourth-order valence-corrected chi connectivity index (χ4v) is 10.6. The van der Waals surface area contributed by atoms with Gasteiger partial charge < -0.3 is 57.9 Å². The van der Waals surface area contributed by atoms with E-state index in [-0.39, 0.29) is 92.3 Å². The zero-order chi connectivity index (χ0) is 55.1. The van der Waals surface area contributed by atoms with E-state index in [1.807, 2.05) is 44.2 Å². The second-order valence-corrected chi connectivity index (χ2v) is 22.9. The Labute approximate surface area is 453 Å². The molecular formula is C51H69N4O17PS3. The number of ketones is 1. The Hall–Kier alpha value is -4.34. The molecule has 5 rings (SSSR count). The van der Waals surface area contributed by atoms with Crippen LogP contribution < -0.4 is 5.73 Å². The van der Waals surface area contributed by atoms with Crippen molar-refractivity contribution in [2.75, 3.05) is 124 Å². The summed E-state index contributed by atoms with van der Waals surface area (Å²) in [6, 6.07) is 15.8. The van der Waals surface area contributed by atoms with E-state index in [1.165, 1.54) is 28.8 Å². The van der Waals surface area contributed by atoms with Gasteiger partial charge in [-0.2, -0.15) is 13.5 Å². The fourth-order valence-electron chi connectivity index (χ4n) is 7.71. The van der Waals surface area contributed by atoms with Crippen molar-refractivity contribution < 1.29 is 79.6 Å². The molecule has 1 fully saturated rings. The SMILES string of the molecule is COCCOCCOCCOCCOCCOCCOP(O)(=S)OCCOCCCSC1CC(=O)N(CCC(=O)Cc2ccc(-c3ccc(N=Nc4ccc5c(C)cc(S(=O)(=O)O)c(N)c5c4O)c(C)c3)cc2C)C1=O. The Kier molecular flexibility index (Phi) is 26.2. The third-order valence-corrected chi connectivity index (χ3v) is 15.6. The van der Waals surface area contributed by atoms with Crippen molar-refractivity contribution in [3.8, 4) is 16.9 Å². The van der Waals surface area contributed by atoms with Crippen LogP contribution in [0.3, 0.4) is 0 Å². The number of imide groups is 1. The summed E-state index contributed by atoms with van der Waals surface area (Å²) in [5, 5.41) is 19.6. The highest BCUT2D eigenvalue weighted by Gasteiger charge is 2.38. The van der Waals surface area contributed by atoms with Gasteiger partial charge in [-0.1, -0.05) is 30.3 Å². The highest BCUT2D eigenvalue weighted by Crippen LogP contribution is 2.44. The monoisotopic (exact) mass is 1140 g/mol. The molecule has 4 aromatic rings. The minimum Gasteiger partial charge on any atom is -0.505 e. The molecule has 2 atom stereocenters. The van der Waals surface area contributed by atoms with Gasteiger partial charge in [0, 0.05) is 39.5 Å². The Bertz CT molecular complexity index is 2770. The first-order valence-corrected chi connectivity index (χ1v) is 29.7. The molecule has 1 heterocycles. The largest absolute Gasteiger partial charge is 0.505 e. The third kappa shape index (κ3) is 20.2. The average Bonchev–Trinajstić information content (AvgIpc) is 3.65. The molecular weight excluding hydrogens is 1070 g/mol. The number of rotatable bonds is 37. The molecule has 0 bridgehead atoms.